The van der Waals surface area contributed by atoms with Crippen molar-refractivity contribution in [3.05, 3.63) is 24.0 Å². The molecule has 2 unspecified atom stereocenters. The lowest BCUT2D eigenvalue weighted by Gasteiger charge is -2.30. The Morgan fingerprint density at radius 2 is 2.47 bits per heavy atom. The van der Waals surface area contributed by atoms with Crippen molar-refractivity contribution >= 4 is 5.69 Å². The zero-order chi connectivity index (χ0) is 12.1. The molecule has 5 nitrogen and oxygen atoms in total. The van der Waals surface area contributed by atoms with Gasteiger partial charge in [0.15, 0.2) is 0 Å². The lowest BCUT2D eigenvalue weighted by atomic mass is 10.0. The standard InChI is InChI=1S/C12H19N3O2/c1-14-11(12-8-16-4-5-17-12)6-9-7-15-3-2-10(9)13/h2-3,7,11-12,14H,4-6,8H2,1H3,(H2,13,15). The van der Waals surface area contributed by atoms with E-state index in [1.54, 1.807) is 6.20 Å². The van der Waals surface area contributed by atoms with Gasteiger partial charge in [0.1, 0.15) is 0 Å². The maximum Gasteiger partial charge on any atom is 0.0965 e. The van der Waals surface area contributed by atoms with Gasteiger partial charge >= 0.3 is 0 Å². The summed E-state index contributed by atoms with van der Waals surface area (Å²) in [5.41, 5.74) is 7.73. The number of rotatable bonds is 4. The van der Waals surface area contributed by atoms with Crippen LogP contribution in [0.4, 0.5) is 5.69 Å². The molecule has 0 aromatic carbocycles. The van der Waals surface area contributed by atoms with E-state index in [4.69, 9.17) is 15.2 Å². The topological polar surface area (TPSA) is 69.4 Å². The van der Waals surface area contributed by atoms with Gasteiger partial charge in [-0.3, -0.25) is 4.98 Å². The predicted molar refractivity (Wildman–Crippen MR) is 65.8 cm³/mol. The zero-order valence-electron chi connectivity index (χ0n) is 10.1. The summed E-state index contributed by atoms with van der Waals surface area (Å²) in [4.78, 5) is 4.10. The summed E-state index contributed by atoms with van der Waals surface area (Å²) < 4.78 is 11.1. The number of nitrogens with zero attached hydrogens (tertiary/aromatic N) is 1. The summed E-state index contributed by atoms with van der Waals surface area (Å²) in [5, 5.41) is 3.26. The van der Waals surface area contributed by atoms with Gasteiger partial charge in [-0.25, -0.2) is 0 Å². The van der Waals surface area contributed by atoms with E-state index in [9.17, 15) is 0 Å². The van der Waals surface area contributed by atoms with Crippen molar-refractivity contribution in [1.82, 2.24) is 10.3 Å². The van der Waals surface area contributed by atoms with Gasteiger partial charge in [0, 0.05) is 24.1 Å². The first kappa shape index (κ1) is 12.3. The molecule has 1 aromatic heterocycles. The fourth-order valence-electron chi connectivity index (χ4n) is 2.00. The van der Waals surface area contributed by atoms with E-state index in [1.165, 1.54) is 0 Å². The smallest absolute Gasteiger partial charge is 0.0965 e. The summed E-state index contributed by atoms with van der Waals surface area (Å²) in [6.07, 6.45) is 4.38. The summed E-state index contributed by atoms with van der Waals surface area (Å²) in [6, 6.07) is 2.02. The first-order valence-corrected chi connectivity index (χ1v) is 5.86. The molecule has 0 amide bonds. The Balaban J connectivity index is 2.01. The molecule has 94 valence electrons. The molecular formula is C12H19N3O2. The molecule has 5 heteroatoms. The lowest BCUT2D eigenvalue weighted by Crippen LogP contribution is -2.46. The number of likely N-dealkylation sites (N-methyl/N-ethyl adjacent to an activating group) is 1. The highest BCUT2D eigenvalue weighted by atomic mass is 16.6. The van der Waals surface area contributed by atoms with Crippen LogP contribution in [-0.2, 0) is 15.9 Å². The number of hydrogen-bond donors (Lipinski definition) is 2. The van der Waals surface area contributed by atoms with E-state index in [0.717, 1.165) is 17.7 Å². The molecule has 1 saturated heterocycles. The Kier molecular flexibility index (Phi) is 4.30. The van der Waals surface area contributed by atoms with E-state index >= 15 is 0 Å². The largest absolute Gasteiger partial charge is 0.398 e. The highest BCUT2D eigenvalue weighted by Gasteiger charge is 2.24. The third kappa shape index (κ3) is 3.15. The van der Waals surface area contributed by atoms with E-state index in [0.29, 0.717) is 19.8 Å². The number of aromatic nitrogens is 1. The Bertz CT molecular complexity index is 353. The van der Waals surface area contributed by atoms with Crippen molar-refractivity contribution < 1.29 is 9.47 Å². The molecule has 0 radical (unpaired) electrons. The van der Waals surface area contributed by atoms with Gasteiger partial charge in [-0.2, -0.15) is 0 Å². The SMILES string of the molecule is CNC(Cc1cnccc1N)C1COCCO1. The van der Waals surface area contributed by atoms with Crippen LogP contribution in [0, 0.1) is 0 Å². The molecule has 17 heavy (non-hydrogen) atoms. The van der Waals surface area contributed by atoms with Gasteiger partial charge in [0.05, 0.1) is 25.9 Å². The maximum absolute atomic E-state index is 5.91. The highest BCUT2D eigenvalue weighted by molar-refractivity contribution is 5.44. The van der Waals surface area contributed by atoms with Crippen LogP contribution >= 0.6 is 0 Å². The summed E-state index contributed by atoms with van der Waals surface area (Å²) in [6.45, 7) is 1.97. The van der Waals surface area contributed by atoms with Crippen molar-refractivity contribution in [2.45, 2.75) is 18.6 Å². The van der Waals surface area contributed by atoms with Crippen molar-refractivity contribution in [3.8, 4) is 0 Å². The van der Waals surface area contributed by atoms with Crippen molar-refractivity contribution in [1.29, 1.82) is 0 Å². The molecule has 0 saturated carbocycles. The number of nitrogens with two attached hydrogens (primary N) is 1. The number of anilines is 1. The van der Waals surface area contributed by atoms with E-state index in [2.05, 4.69) is 10.3 Å². The molecule has 1 aliphatic heterocycles. The van der Waals surface area contributed by atoms with Crippen LogP contribution in [0.25, 0.3) is 0 Å². The van der Waals surface area contributed by atoms with Crippen LogP contribution in [0.3, 0.4) is 0 Å². The van der Waals surface area contributed by atoms with Gasteiger partial charge < -0.3 is 20.5 Å². The Morgan fingerprint density at radius 1 is 1.59 bits per heavy atom. The number of hydrogen-bond acceptors (Lipinski definition) is 5. The van der Waals surface area contributed by atoms with Crippen molar-refractivity contribution in [2.24, 2.45) is 0 Å². The van der Waals surface area contributed by atoms with Crippen LogP contribution in [0.15, 0.2) is 18.5 Å². The normalized spacial score (nSPS) is 22.3. The number of pyridine rings is 1. The molecule has 0 spiro atoms. The Labute approximate surface area is 101 Å². The zero-order valence-corrected chi connectivity index (χ0v) is 10.1. The van der Waals surface area contributed by atoms with E-state index in [-0.39, 0.29) is 12.1 Å². The number of nitrogen functional groups attached to an aromatic ring is 1. The number of ether oxygens (including phenoxy) is 2. The summed E-state index contributed by atoms with van der Waals surface area (Å²) >= 11 is 0. The molecule has 1 aromatic rings. The average molecular weight is 237 g/mol. The molecule has 1 fully saturated rings. The summed E-state index contributed by atoms with van der Waals surface area (Å²) in [7, 11) is 1.93. The van der Waals surface area contributed by atoms with Crippen molar-refractivity contribution in [2.75, 3.05) is 32.6 Å². The van der Waals surface area contributed by atoms with Gasteiger partial charge in [-0.1, -0.05) is 0 Å². The van der Waals surface area contributed by atoms with Gasteiger partial charge in [0.25, 0.3) is 0 Å². The molecule has 1 aliphatic rings. The Morgan fingerprint density at radius 3 is 3.12 bits per heavy atom. The first-order chi connectivity index (χ1) is 8.31. The lowest BCUT2D eigenvalue weighted by molar-refractivity contribution is -0.100. The molecule has 3 N–H and O–H groups in total. The molecule has 2 heterocycles. The van der Waals surface area contributed by atoms with Crippen LogP contribution in [0.2, 0.25) is 0 Å². The minimum Gasteiger partial charge on any atom is -0.398 e. The fraction of sp³-hybridized carbons (Fsp3) is 0.583. The predicted octanol–water partition coefficient (Wildman–Crippen LogP) is 0.210. The van der Waals surface area contributed by atoms with Crippen molar-refractivity contribution in [3.63, 3.8) is 0 Å². The van der Waals surface area contributed by atoms with Crippen LogP contribution in [-0.4, -0.2) is 44.0 Å². The average Bonchev–Trinajstić information content (AvgIpc) is 2.39. The van der Waals surface area contributed by atoms with Crippen LogP contribution < -0.4 is 11.1 Å². The summed E-state index contributed by atoms with van der Waals surface area (Å²) in [5.74, 6) is 0. The Hall–Kier alpha value is -1.17. The minimum atomic E-state index is 0.0772. The molecular weight excluding hydrogens is 218 g/mol. The third-order valence-electron chi connectivity index (χ3n) is 3.04. The maximum atomic E-state index is 5.91. The molecule has 0 bridgehead atoms. The second-order valence-electron chi connectivity index (χ2n) is 4.16. The van der Waals surface area contributed by atoms with Crippen LogP contribution in [0.5, 0.6) is 0 Å². The fourth-order valence-corrected chi connectivity index (χ4v) is 2.00. The quantitative estimate of drug-likeness (QED) is 0.783. The monoisotopic (exact) mass is 237 g/mol. The van der Waals surface area contributed by atoms with Gasteiger partial charge in [0.2, 0.25) is 0 Å². The molecule has 2 atom stereocenters. The second kappa shape index (κ2) is 5.95. The van der Waals surface area contributed by atoms with Gasteiger partial charge in [-0.15, -0.1) is 0 Å². The highest BCUT2D eigenvalue weighted by Crippen LogP contribution is 2.15. The van der Waals surface area contributed by atoms with Gasteiger partial charge in [-0.05, 0) is 25.1 Å². The second-order valence-corrected chi connectivity index (χ2v) is 4.16. The first-order valence-electron chi connectivity index (χ1n) is 5.86. The third-order valence-corrected chi connectivity index (χ3v) is 3.04. The van der Waals surface area contributed by atoms with E-state index in [1.807, 2.05) is 19.3 Å². The van der Waals surface area contributed by atoms with Crippen LogP contribution in [0.1, 0.15) is 5.56 Å². The minimum absolute atomic E-state index is 0.0772. The number of nitrogens with one attached hydrogen (secondary N) is 1. The van der Waals surface area contributed by atoms with E-state index < -0.39 is 0 Å². The molecule has 0 aliphatic carbocycles. The molecule has 2 rings (SSSR count).